The molecule has 1 aromatic carbocycles. The Morgan fingerprint density at radius 2 is 2.26 bits per heavy atom. The van der Waals surface area contributed by atoms with Crippen molar-refractivity contribution in [2.75, 3.05) is 11.5 Å². The zero-order valence-corrected chi connectivity index (χ0v) is 11.8. The zero-order chi connectivity index (χ0) is 13.6. The number of halogens is 1. The number of aromatic nitrogens is 2. The summed E-state index contributed by atoms with van der Waals surface area (Å²) in [5.74, 6) is 0.602. The van der Waals surface area contributed by atoms with Gasteiger partial charge in [-0.25, -0.2) is 13.4 Å². The third-order valence-electron chi connectivity index (χ3n) is 3.59. The summed E-state index contributed by atoms with van der Waals surface area (Å²) in [4.78, 5) is 4.23. The van der Waals surface area contributed by atoms with Crippen molar-refractivity contribution in [2.24, 2.45) is 0 Å². The lowest BCUT2D eigenvalue weighted by atomic mass is 10.2. The highest BCUT2D eigenvalue weighted by Gasteiger charge is 2.32. The van der Waals surface area contributed by atoms with Crippen molar-refractivity contribution in [1.82, 2.24) is 9.55 Å². The second kappa shape index (κ2) is 4.38. The number of fused-ring (bicyclic) bond motifs is 1. The number of benzene rings is 1. The van der Waals surface area contributed by atoms with E-state index in [1.165, 1.54) is 0 Å². The summed E-state index contributed by atoms with van der Waals surface area (Å²) in [5.41, 5.74) is 7.40. The molecular weight excluding hydrogens is 286 g/mol. The van der Waals surface area contributed by atoms with E-state index in [0.29, 0.717) is 23.9 Å². The van der Waals surface area contributed by atoms with Gasteiger partial charge in [0.15, 0.2) is 9.84 Å². The van der Waals surface area contributed by atoms with Crippen molar-refractivity contribution in [3.63, 3.8) is 0 Å². The van der Waals surface area contributed by atoms with Crippen LogP contribution >= 0.6 is 11.6 Å². The van der Waals surface area contributed by atoms with Crippen LogP contribution in [0.2, 0.25) is 5.02 Å². The van der Waals surface area contributed by atoms with Gasteiger partial charge in [-0.1, -0.05) is 11.6 Å². The van der Waals surface area contributed by atoms with E-state index in [0.717, 1.165) is 17.5 Å². The molecule has 1 atom stereocenters. The van der Waals surface area contributed by atoms with E-state index in [9.17, 15) is 8.42 Å². The predicted octanol–water partition coefficient (Wildman–Crippen LogP) is 1.85. The van der Waals surface area contributed by atoms with Crippen LogP contribution in [0.1, 0.15) is 12.8 Å². The van der Waals surface area contributed by atoms with Gasteiger partial charge >= 0.3 is 0 Å². The van der Waals surface area contributed by atoms with Crippen LogP contribution < -0.4 is 5.73 Å². The lowest BCUT2D eigenvalue weighted by molar-refractivity contribution is 0.571. The van der Waals surface area contributed by atoms with Gasteiger partial charge in [0.2, 0.25) is 5.95 Å². The Hall–Kier alpha value is -1.27. The van der Waals surface area contributed by atoms with Crippen molar-refractivity contribution in [1.29, 1.82) is 0 Å². The molecule has 1 aromatic heterocycles. The number of hydrogen-bond donors (Lipinski definition) is 1. The maximum absolute atomic E-state index is 11.9. The third-order valence-corrected chi connectivity index (χ3v) is 6.08. The molecule has 102 valence electrons. The molecule has 2 aromatic rings. The number of sulfone groups is 1. The topological polar surface area (TPSA) is 78.0 Å². The average Bonchev–Trinajstić information content (AvgIpc) is 2.82. The number of nitrogens with two attached hydrogens (primary N) is 1. The fourth-order valence-corrected chi connectivity index (χ4v) is 4.54. The number of anilines is 1. The van der Waals surface area contributed by atoms with Gasteiger partial charge in [0.25, 0.3) is 0 Å². The molecule has 5 nitrogen and oxygen atoms in total. The molecule has 1 unspecified atom stereocenters. The van der Waals surface area contributed by atoms with Crippen molar-refractivity contribution in [2.45, 2.75) is 24.6 Å². The van der Waals surface area contributed by atoms with Crippen molar-refractivity contribution in [3.05, 3.63) is 23.2 Å². The molecule has 1 fully saturated rings. The van der Waals surface area contributed by atoms with Crippen LogP contribution in [0.5, 0.6) is 0 Å². The molecule has 0 spiro atoms. The van der Waals surface area contributed by atoms with E-state index in [2.05, 4.69) is 4.98 Å². The average molecular weight is 300 g/mol. The van der Waals surface area contributed by atoms with E-state index < -0.39 is 9.84 Å². The number of nitrogen functional groups attached to an aromatic ring is 1. The van der Waals surface area contributed by atoms with E-state index in [4.69, 9.17) is 17.3 Å². The Morgan fingerprint density at radius 1 is 1.47 bits per heavy atom. The standard InChI is InChI=1S/C12H14ClN3O2S/c13-8-3-4-10-11(6-8)16(12(14)15-10)7-9-2-1-5-19(9,17)18/h3-4,6,9H,1-2,5,7H2,(H2,14,15). The van der Waals surface area contributed by atoms with Crippen molar-refractivity contribution >= 4 is 38.4 Å². The molecule has 3 rings (SSSR count). The molecule has 2 heterocycles. The molecule has 1 aliphatic rings. The van der Waals surface area contributed by atoms with Crippen LogP contribution in [0.3, 0.4) is 0 Å². The van der Waals surface area contributed by atoms with Crippen LogP contribution in [0.25, 0.3) is 11.0 Å². The first-order valence-corrected chi connectivity index (χ1v) is 8.19. The van der Waals surface area contributed by atoms with Crippen LogP contribution in [0.4, 0.5) is 5.95 Å². The van der Waals surface area contributed by atoms with Crippen LogP contribution in [0.15, 0.2) is 18.2 Å². The van der Waals surface area contributed by atoms with Crippen LogP contribution in [-0.4, -0.2) is 29.0 Å². The Labute approximate surface area is 116 Å². The summed E-state index contributed by atoms with van der Waals surface area (Å²) in [6.45, 7) is 0.352. The summed E-state index contributed by atoms with van der Waals surface area (Å²) in [5, 5.41) is 0.217. The molecule has 19 heavy (non-hydrogen) atoms. The minimum atomic E-state index is -3.00. The first kappa shape index (κ1) is 12.7. The lowest BCUT2D eigenvalue weighted by Crippen LogP contribution is -2.23. The summed E-state index contributed by atoms with van der Waals surface area (Å²) >= 11 is 5.97. The maximum Gasteiger partial charge on any atom is 0.201 e. The molecule has 0 radical (unpaired) electrons. The van der Waals surface area contributed by atoms with Gasteiger partial charge in [0.05, 0.1) is 22.0 Å². The third kappa shape index (κ3) is 2.19. The van der Waals surface area contributed by atoms with Crippen LogP contribution in [-0.2, 0) is 16.4 Å². The highest BCUT2D eigenvalue weighted by Crippen LogP contribution is 2.26. The maximum atomic E-state index is 11.9. The Bertz CT molecular complexity index is 739. The van der Waals surface area contributed by atoms with E-state index >= 15 is 0 Å². The van der Waals surface area contributed by atoms with Gasteiger partial charge in [0.1, 0.15) is 0 Å². The first-order chi connectivity index (χ1) is 8.97. The number of hydrogen-bond acceptors (Lipinski definition) is 4. The normalized spacial score (nSPS) is 22.1. The first-order valence-electron chi connectivity index (χ1n) is 6.10. The highest BCUT2D eigenvalue weighted by atomic mass is 35.5. The zero-order valence-electron chi connectivity index (χ0n) is 10.2. The summed E-state index contributed by atoms with van der Waals surface area (Å²) in [7, 11) is -3.00. The number of nitrogens with zero attached hydrogens (tertiary/aromatic N) is 2. The van der Waals surface area contributed by atoms with Crippen molar-refractivity contribution in [3.8, 4) is 0 Å². The van der Waals surface area contributed by atoms with E-state index in [-0.39, 0.29) is 11.0 Å². The van der Waals surface area contributed by atoms with Gasteiger partial charge in [0, 0.05) is 11.6 Å². The molecule has 0 aliphatic carbocycles. The smallest absolute Gasteiger partial charge is 0.201 e. The van der Waals surface area contributed by atoms with Gasteiger partial charge in [-0.05, 0) is 31.0 Å². The second-order valence-electron chi connectivity index (χ2n) is 4.84. The summed E-state index contributed by atoms with van der Waals surface area (Å²) < 4.78 is 25.5. The van der Waals surface area contributed by atoms with Crippen LogP contribution in [0, 0.1) is 0 Å². The van der Waals surface area contributed by atoms with E-state index in [1.54, 1.807) is 22.8 Å². The highest BCUT2D eigenvalue weighted by molar-refractivity contribution is 7.92. The largest absolute Gasteiger partial charge is 0.369 e. The number of rotatable bonds is 2. The van der Waals surface area contributed by atoms with Gasteiger partial charge < -0.3 is 10.3 Å². The molecule has 2 N–H and O–H groups in total. The summed E-state index contributed by atoms with van der Waals surface area (Å²) in [6.07, 6.45) is 1.41. The summed E-state index contributed by atoms with van der Waals surface area (Å²) in [6, 6.07) is 5.29. The molecule has 1 aliphatic heterocycles. The molecule has 1 saturated heterocycles. The van der Waals surface area contributed by atoms with Gasteiger partial charge in [-0.3, -0.25) is 0 Å². The lowest BCUT2D eigenvalue weighted by Gasteiger charge is -2.12. The SMILES string of the molecule is Nc1nc2ccc(Cl)cc2n1CC1CCCS1(=O)=O. The molecule has 7 heteroatoms. The Morgan fingerprint density at radius 3 is 2.95 bits per heavy atom. The van der Waals surface area contributed by atoms with Gasteiger partial charge in [-0.15, -0.1) is 0 Å². The molecule has 0 amide bonds. The predicted molar refractivity (Wildman–Crippen MR) is 76.0 cm³/mol. The Kier molecular flexibility index (Phi) is 2.94. The quantitative estimate of drug-likeness (QED) is 0.918. The minimum absolute atomic E-state index is 0.269. The second-order valence-corrected chi connectivity index (χ2v) is 7.68. The Balaban J connectivity index is 2.05. The molecular formula is C12H14ClN3O2S. The van der Waals surface area contributed by atoms with Crippen molar-refractivity contribution < 1.29 is 8.42 Å². The molecule has 0 bridgehead atoms. The van der Waals surface area contributed by atoms with E-state index in [1.807, 2.05) is 0 Å². The fraction of sp³-hybridized carbons (Fsp3) is 0.417. The fourth-order valence-electron chi connectivity index (χ4n) is 2.57. The van der Waals surface area contributed by atoms with Gasteiger partial charge in [-0.2, -0.15) is 0 Å². The molecule has 0 saturated carbocycles. The number of imidazole rings is 1. The minimum Gasteiger partial charge on any atom is -0.369 e. The monoisotopic (exact) mass is 299 g/mol.